The summed E-state index contributed by atoms with van der Waals surface area (Å²) >= 11 is 0. The van der Waals surface area contributed by atoms with Crippen LogP contribution in [-0.4, -0.2) is 35.7 Å². The number of piperidine rings is 1. The van der Waals surface area contributed by atoms with Crippen molar-refractivity contribution in [1.29, 1.82) is 0 Å². The lowest BCUT2D eigenvalue weighted by Gasteiger charge is -2.22. The molecule has 104 valence electrons. The molecule has 0 aromatic carbocycles. The van der Waals surface area contributed by atoms with Gasteiger partial charge in [0.25, 0.3) is 0 Å². The highest BCUT2D eigenvalue weighted by molar-refractivity contribution is 5.85. The second kappa shape index (κ2) is 6.29. The topological polar surface area (TPSA) is 39.1 Å². The Kier molecular flexibility index (Phi) is 5.28. The number of ether oxygens (including phenoxy) is 1. The zero-order valence-corrected chi connectivity index (χ0v) is 10.4. The zero-order chi connectivity index (χ0) is 12.3. The van der Waals surface area contributed by atoms with Gasteiger partial charge in [-0.3, -0.25) is 4.68 Å². The summed E-state index contributed by atoms with van der Waals surface area (Å²) in [6.07, 6.45) is 0.410. The lowest BCUT2D eigenvalue weighted by Crippen LogP contribution is -2.29. The van der Waals surface area contributed by atoms with E-state index >= 15 is 0 Å². The first-order chi connectivity index (χ1) is 8.04. The lowest BCUT2D eigenvalue weighted by molar-refractivity contribution is -0.153. The van der Waals surface area contributed by atoms with E-state index < -0.39 is 12.8 Å². The first-order valence-corrected chi connectivity index (χ1v) is 5.49. The summed E-state index contributed by atoms with van der Waals surface area (Å²) in [7, 11) is 0. The molecule has 1 saturated heterocycles. The molecule has 1 aromatic rings. The molecule has 18 heavy (non-hydrogen) atoms. The third-order valence-electron chi connectivity index (χ3n) is 2.66. The van der Waals surface area contributed by atoms with Gasteiger partial charge in [-0.15, -0.1) is 12.4 Å². The summed E-state index contributed by atoms with van der Waals surface area (Å²) in [5.41, 5.74) is 0. The van der Waals surface area contributed by atoms with Crippen molar-refractivity contribution in [2.45, 2.75) is 25.1 Å². The van der Waals surface area contributed by atoms with Crippen molar-refractivity contribution in [3.8, 4) is 5.75 Å². The highest BCUT2D eigenvalue weighted by atomic mass is 35.5. The molecule has 0 unspecified atom stereocenters. The largest absolute Gasteiger partial charge is 0.481 e. The smallest absolute Gasteiger partial charge is 0.422 e. The van der Waals surface area contributed by atoms with E-state index in [1.54, 1.807) is 4.68 Å². The Hall–Kier alpha value is -0.950. The Morgan fingerprint density at radius 3 is 2.67 bits per heavy atom. The van der Waals surface area contributed by atoms with E-state index in [1.165, 1.54) is 12.4 Å². The Morgan fingerprint density at radius 2 is 2.06 bits per heavy atom. The van der Waals surface area contributed by atoms with E-state index in [0.717, 1.165) is 25.9 Å². The van der Waals surface area contributed by atoms with E-state index in [1.807, 2.05) is 0 Å². The van der Waals surface area contributed by atoms with Gasteiger partial charge in [-0.25, -0.2) is 0 Å². The monoisotopic (exact) mass is 285 g/mol. The summed E-state index contributed by atoms with van der Waals surface area (Å²) in [6, 6.07) is 0.250. The average molecular weight is 286 g/mol. The Labute approximate surface area is 109 Å². The molecule has 0 aliphatic carbocycles. The second-order valence-electron chi connectivity index (χ2n) is 4.04. The molecule has 1 fully saturated rings. The minimum Gasteiger partial charge on any atom is -0.481 e. The molecule has 4 nitrogen and oxygen atoms in total. The maximum Gasteiger partial charge on any atom is 0.422 e. The van der Waals surface area contributed by atoms with Crippen molar-refractivity contribution < 1.29 is 17.9 Å². The van der Waals surface area contributed by atoms with Crippen LogP contribution in [0.4, 0.5) is 13.2 Å². The van der Waals surface area contributed by atoms with Crippen LogP contribution in [0.15, 0.2) is 12.4 Å². The first-order valence-electron chi connectivity index (χ1n) is 5.49. The van der Waals surface area contributed by atoms with Crippen molar-refractivity contribution in [3.05, 3.63) is 12.4 Å². The number of alkyl halides is 3. The SMILES string of the molecule is Cl.FC(F)(F)COc1cnn(C2CCNCC2)c1. The Balaban J connectivity index is 0.00000162. The van der Waals surface area contributed by atoms with Gasteiger partial charge >= 0.3 is 6.18 Å². The molecule has 0 amide bonds. The molecule has 0 spiro atoms. The van der Waals surface area contributed by atoms with Gasteiger partial charge in [0.2, 0.25) is 0 Å². The summed E-state index contributed by atoms with van der Waals surface area (Å²) in [5, 5.41) is 7.25. The highest BCUT2D eigenvalue weighted by Gasteiger charge is 2.28. The normalized spacial score (nSPS) is 17.3. The maximum atomic E-state index is 11.9. The standard InChI is InChI=1S/C10H14F3N3O.ClH/c11-10(12,13)7-17-9-5-15-16(6-9)8-1-3-14-4-2-8;/h5-6,8,14H,1-4,7H2;1H. The molecular formula is C10H15ClF3N3O. The fourth-order valence-corrected chi connectivity index (χ4v) is 1.83. The van der Waals surface area contributed by atoms with Crippen molar-refractivity contribution in [3.63, 3.8) is 0 Å². The lowest BCUT2D eigenvalue weighted by atomic mass is 10.1. The fourth-order valence-electron chi connectivity index (χ4n) is 1.83. The molecule has 8 heteroatoms. The van der Waals surface area contributed by atoms with Gasteiger partial charge in [0.1, 0.15) is 0 Å². The number of rotatable bonds is 3. The summed E-state index contributed by atoms with van der Waals surface area (Å²) < 4.78 is 42.1. The van der Waals surface area contributed by atoms with E-state index in [4.69, 9.17) is 0 Å². The number of aromatic nitrogens is 2. The van der Waals surface area contributed by atoms with Crippen molar-refractivity contribution >= 4 is 12.4 Å². The summed E-state index contributed by atoms with van der Waals surface area (Å²) in [6.45, 7) is 0.539. The molecule has 2 rings (SSSR count). The van der Waals surface area contributed by atoms with Crippen LogP contribution in [0.1, 0.15) is 18.9 Å². The van der Waals surface area contributed by atoms with Gasteiger partial charge in [0.05, 0.1) is 18.4 Å². The number of nitrogens with zero attached hydrogens (tertiary/aromatic N) is 2. The van der Waals surface area contributed by atoms with Crippen LogP contribution in [-0.2, 0) is 0 Å². The minimum atomic E-state index is -4.31. The van der Waals surface area contributed by atoms with Gasteiger partial charge < -0.3 is 10.1 Å². The minimum absolute atomic E-state index is 0. The van der Waals surface area contributed by atoms with Crippen LogP contribution in [0.25, 0.3) is 0 Å². The van der Waals surface area contributed by atoms with Crippen LogP contribution in [0.2, 0.25) is 0 Å². The van der Waals surface area contributed by atoms with Gasteiger partial charge in [-0.05, 0) is 25.9 Å². The third-order valence-corrected chi connectivity index (χ3v) is 2.66. The van der Waals surface area contributed by atoms with E-state index in [0.29, 0.717) is 0 Å². The molecule has 0 saturated carbocycles. The average Bonchev–Trinajstić information content (AvgIpc) is 2.75. The number of hydrogen-bond acceptors (Lipinski definition) is 3. The van der Waals surface area contributed by atoms with Gasteiger partial charge in [-0.2, -0.15) is 18.3 Å². The maximum absolute atomic E-state index is 11.9. The molecule has 0 radical (unpaired) electrons. The van der Waals surface area contributed by atoms with Gasteiger partial charge in [-0.1, -0.05) is 0 Å². The first kappa shape index (κ1) is 15.1. The molecule has 1 aliphatic heterocycles. The molecule has 0 atom stereocenters. The predicted molar refractivity (Wildman–Crippen MR) is 62.2 cm³/mol. The van der Waals surface area contributed by atoms with Crippen molar-refractivity contribution in [2.24, 2.45) is 0 Å². The molecular weight excluding hydrogens is 271 g/mol. The highest BCUT2D eigenvalue weighted by Crippen LogP contribution is 2.22. The van der Waals surface area contributed by atoms with E-state index in [-0.39, 0.29) is 24.2 Å². The van der Waals surface area contributed by atoms with Crippen LogP contribution in [0.3, 0.4) is 0 Å². The summed E-state index contributed by atoms with van der Waals surface area (Å²) in [5.74, 6) is 0.167. The molecule has 0 bridgehead atoms. The van der Waals surface area contributed by atoms with E-state index in [2.05, 4.69) is 15.2 Å². The molecule has 1 aromatic heterocycles. The van der Waals surface area contributed by atoms with Crippen LogP contribution in [0, 0.1) is 0 Å². The fraction of sp³-hybridized carbons (Fsp3) is 0.700. The number of halogens is 4. The Bertz CT molecular complexity index is 363. The quantitative estimate of drug-likeness (QED) is 0.925. The second-order valence-corrected chi connectivity index (χ2v) is 4.04. The number of nitrogens with one attached hydrogen (secondary N) is 1. The van der Waals surface area contributed by atoms with Crippen LogP contribution >= 0.6 is 12.4 Å². The van der Waals surface area contributed by atoms with Crippen LogP contribution in [0.5, 0.6) is 5.75 Å². The Morgan fingerprint density at radius 1 is 1.39 bits per heavy atom. The molecule has 1 N–H and O–H groups in total. The summed E-state index contributed by atoms with van der Waals surface area (Å²) in [4.78, 5) is 0. The van der Waals surface area contributed by atoms with Crippen molar-refractivity contribution in [1.82, 2.24) is 15.1 Å². The predicted octanol–water partition coefficient (Wildman–Crippen LogP) is 2.17. The number of hydrogen-bond donors (Lipinski definition) is 1. The van der Waals surface area contributed by atoms with Crippen molar-refractivity contribution in [2.75, 3.05) is 19.7 Å². The molecule has 1 aliphatic rings. The van der Waals surface area contributed by atoms with Gasteiger partial charge in [0, 0.05) is 0 Å². The van der Waals surface area contributed by atoms with E-state index in [9.17, 15) is 13.2 Å². The van der Waals surface area contributed by atoms with Gasteiger partial charge in [0.15, 0.2) is 12.4 Å². The third kappa shape index (κ3) is 4.38. The van der Waals surface area contributed by atoms with Crippen LogP contribution < -0.4 is 10.1 Å². The zero-order valence-electron chi connectivity index (χ0n) is 9.61. The molecule has 2 heterocycles.